The Kier molecular flexibility index (Phi) is 2.76. The van der Waals surface area contributed by atoms with Gasteiger partial charge in [-0.2, -0.15) is 0 Å². The topological polar surface area (TPSA) is 52.2 Å². The van der Waals surface area contributed by atoms with Gasteiger partial charge < -0.3 is 14.8 Å². The summed E-state index contributed by atoms with van der Waals surface area (Å²) in [6, 6.07) is 2.05. The lowest BCUT2D eigenvalue weighted by Crippen LogP contribution is -2.44. The van der Waals surface area contributed by atoms with Gasteiger partial charge in [-0.05, 0) is 13.1 Å². The van der Waals surface area contributed by atoms with Gasteiger partial charge in [-0.25, -0.2) is 4.98 Å². The van der Waals surface area contributed by atoms with Crippen molar-refractivity contribution in [3.8, 4) is 0 Å². The van der Waals surface area contributed by atoms with Crippen LogP contribution >= 0.6 is 0 Å². The van der Waals surface area contributed by atoms with Gasteiger partial charge in [0, 0.05) is 43.3 Å². The van der Waals surface area contributed by atoms with Gasteiger partial charge in [0.2, 0.25) is 0 Å². The second-order valence-corrected chi connectivity index (χ2v) is 4.74. The van der Waals surface area contributed by atoms with Gasteiger partial charge in [0.1, 0.15) is 5.65 Å². The Morgan fingerprint density at radius 1 is 1.33 bits per heavy atom. The van der Waals surface area contributed by atoms with Gasteiger partial charge in [-0.15, -0.1) is 0 Å². The summed E-state index contributed by atoms with van der Waals surface area (Å²) < 4.78 is 0. The van der Waals surface area contributed by atoms with E-state index in [0.29, 0.717) is 5.56 Å². The van der Waals surface area contributed by atoms with E-state index in [9.17, 15) is 4.79 Å². The largest absolute Gasteiger partial charge is 0.368 e. The summed E-state index contributed by atoms with van der Waals surface area (Å²) in [5, 5.41) is 0.904. The number of aromatic nitrogens is 2. The molecule has 2 aromatic heterocycles. The molecule has 2 aromatic rings. The molecule has 5 nitrogen and oxygen atoms in total. The third-order valence-electron chi connectivity index (χ3n) is 3.54. The van der Waals surface area contributed by atoms with Crippen LogP contribution < -0.4 is 4.90 Å². The molecule has 1 aliphatic rings. The summed E-state index contributed by atoms with van der Waals surface area (Å²) in [4.78, 5) is 23.0. The van der Waals surface area contributed by atoms with Crippen LogP contribution in [0.5, 0.6) is 0 Å². The van der Waals surface area contributed by atoms with E-state index in [1.807, 2.05) is 12.3 Å². The van der Waals surface area contributed by atoms with Gasteiger partial charge in [0.15, 0.2) is 6.29 Å². The molecule has 1 N–H and O–H groups in total. The maximum Gasteiger partial charge on any atom is 0.152 e. The number of carbonyl (C=O) groups is 1. The standard InChI is InChI=1S/C13H16N4O/c1-16-2-4-17(5-3-16)11-6-12-10(9-18)7-14-13(12)15-8-11/h6-9H,2-5H2,1H3,(H,14,15). The smallest absolute Gasteiger partial charge is 0.152 e. The van der Waals surface area contributed by atoms with Crippen LogP contribution in [0.25, 0.3) is 11.0 Å². The molecule has 0 aliphatic carbocycles. The number of aldehydes is 1. The Morgan fingerprint density at radius 3 is 2.83 bits per heavy atom. The Hall–Kier alpha value is -1.88. The quantitative estimate of drug-likeness (QED) is 0.805. The van der Waals surface area contributed by atoms with Crippen LogP contribution in [0.15, 0.2) is 18.5 Å². The van der Waals surface area contributed by atoms with E-state index in [1.54, 1.807) is 6.20 Å². The second kappa shape index (κ2) is 4.42. The SMILES string of the molecule is CN1CCN(c2cnc3[nH]cc(C=O)c3c2)CC1. The number of nitrogens with one attached hydrogen (secondary N) is 1. The molecule has 3 heterocycles. The number of rotatable bonds is 2. The number of carbonyl (C=O) groups excluding carboxylic acids is 1. The van der Waals surface area contributed by atoms with Gasteiger partial charge in [-0.3, -0.25) is 4.79 Å². The summed E-state index contributed by atoms with van der Waals surface area (Å²) in [6.07, 6.45) is 4.45. The van der Waals surface area contributed by atoms with Crippen molar-refractivity contribution in [3.05, 3.63) is 24.0 Å². The number of anilines is 1. The van der Waals surface area contributed by atoms with Crippen molar-refractivity contribution < 1.29 is 4.79 Å². The first-order valence-corrected chi connectivity index (χ1v) is 6.14. The molecule has 1 saturated heterocycles. The summed E-state index contributed by atoms with van der Waals surface area (Å²) in [5.74, 6) is 0. The van der Waals surface area contributed by atoms with Crippen LogP contribution in [-0.2, 0) is 0 Å². The molecule has 5 heteroatoms. The minimum absolute atomic E-state index is 0.675. The third-order valence-corrected chi connectivity index (χ3v) is 3.54. The highest BCUT2D eigenvalue weighted by molar-refractivity contribution is 5.96. The molecule has 0 amide bonds. The molecule has 3 rings (SSSR count). The number of hydrogen-bond acceptors (Lipinski definition) is 4. The minimum Gasteiger partial charge on any atom is -0.368 e. The molecule has 94 valence electrons. The molecule has 1 fully saturated rings. The number of pyridine rings is 1. The molecule has 0 radical (unpaired) electrons. The van der Waals surface area contributed by atoms with E-state index in [1.165, 1.54) is 0 Å². The number of H-pyrrole nitrogens is 1. The highest BCUT2D eigenvalue weighted by atomic mass is 16.1. The Bertz CT molecular complexity index is 569. The van der Waals surface area contributed by atoms with Crippen LogP contribution in [-0.4, -0.2) is 54.4 Å². The molecule has 1 aliphatic heterocycles. The normalized spacial score (nSPS) is 17.3. The lowest BCUT2D eigenvalue weighted by atomic mass is 10.2. The van der Waals surface area contributed by atoms with Crippen LogP contribution in [0, 0.1) is 0 Å². The van der Waals surface area contributed by atoms with Crippen molar-refractivity contribution in [1.82, 2.24) is 14.9 Å². The molecular formula is C13H16N4O. The third kappa shape index (κ3) is 1.86. The van der Waals surface area contributed by atoms with Crippen molar-refractivity contribution in [3.63, 3.8) is 0 Å². The minimum atomic E-state index is 0.675. The van der Waals surface area contributed by atoms with Gasteiger partial charge in [0.05, 0.1) is 11.9 Å². The molecule has 18 heavy (non-hydrogen) atoms. The van der Waals surface area contributed by atoms with Crippen molar-refractivity contribution in [2.24, 2.45) is 0 Å². The van der Waals surface area contributed by atoms with E-state index in [-0.39, 0.29) is 0 Å². The molecule has 0 atom stereocenters. The predicted molar refractivity (Wildman–Crippen MR) is 71.2 cm³/mol. The first kappa shape index (κ1) is 11.2. The molecule has 0 spiro atoms. The number of nitrogens with zero attached hydrogens (tertiary/aromatic N) is 3. The average Bonchev–Trinajstić information content (AvgIpc) is 2.81. The van der Waals surface area contributed by atoms with Crippen molar-refractivity contribution in [2.45, 2.75) is 0 Å². The Labute approximate surface area is 105 Å². The Balaban J connectivity index is 1.94. The number of hydrogen-bond donors (Lipinski definition) is 1. The van der Waals surface area contributed by atoms with E-state index in [0.717, 1.165) is 49.2 Å². The fourth-order valence-corrected chi connectivity index (χ4v) is 2.35. The highest BCUT2D eigenvalue weighted by Crippen LogP contribution is 2.22. The highest BCUT2D eigenvalue weighted by Gasteiger charge is 2.15. The number of likely N-dealkylation sites (N-methyl/N-ethyl adjacent to an activating group) is 1. The molecule has 0 aromatic carbocycles. The van der Waals surface area contributed by atoms with Crippen molar-refractivity contribution in [2.75, 3.05) is 38.1 Å². The summed E-state index contributed by atoms with van der Waals surface area (Å²) in [5.41, 5.74) is 2.54. The zero-order valence-electron chi connectivity index (χ0n) is 10.4. The molecular weight excluding hydrogens is 228 g/mol. The van der Waals surface area contributed by atoms with Gasteiger partial charge in [0.25, 0.3) is 0 Å². The van der Waals surface area contributed by atoms with E-state index in [4.69, 9.17) is 0 Å². The van der Waals surface area contributed by atoms with Gasteiger partial charge >= 0.3 is 0 Å². The van der Waals surface area contributed by atoms with Crippen molar-refractivity contribution >= 4 is 23.0 Å². The van der Waals surface area contributed by atoms with Crippen LogP contribution in [0.2, 0.25) is 0 Å². The number of fused-ring (bicyclic) bond motifs is 1. The molecule has 0 unspecified atom stereocenters. The fourth-order valence-electron chi connectivity index (χ4n) is 2.35. The number of piperazine rings is 1. The first-order valence-electron chi connectivity index (χ1n) is 6.14. The van der Waals surface area contributed by atoms with Crippen molar-refractivity contribution in [1.29, 1.82) is 0 Å². The van der Waals surface area contributed by atoms with Crippen LogP contribution in [0.1, 0.15) is 10.4 Å². The fraction of sp³-hybridized carbons (Fsp3) is 0.385. The average molecular weight is 244 g/mol. The maximum atomic E-state index is 10.9. The lowest BCUT2D eigenvalue weighted by Gasteiger charge is -2.33. The number of aromatic amines is 1. The van der Waals surface area contributed by atoms with Crippen LogP contribution in [0.3, 0.4) is 0 Å². The van der Waals surface area contributed by atoms with E-state index >= 15 is 0 Å². The lowest BCUT2D eigenvalue weighted by molar-refractivity contribution is 0.112. The maximum absolute atomic E-state index is 10.9. The Morgan fingerprint density at radius 2 is 2.11 bits per heavy atom. The molecule has 0 bridgehead atoms. The summed E-state index contributed by atoms with van der Waals surface area (Å²) in [7, 11) is 2.13. The second-order valence-electron chi connectivity index (χ2n) is 4.74. The summed E-state index contributed by atoms with van der Waals surface area (Å²) in [6.45, 7) is 4.13. The zero-order valence-corrected chi connectivity index (χ0v) is 10.4. The first-order chi connectivity index (χ1) is 8.78. The molecule has 0 saturated carbocycles. The van der Waals surface area contributed by atoms with E-state index in [2.05, 4.69) is 26.8 Å². The van der Waals surface area contributed by atoms with Crippen LogP contribution in [0.4, 0.5) is 5.69 Å². The summed E-state index contributed by atoms with van der Waals surface area (Å²) >= 11 is 0. The predicted octanol–water partition coefficient (Wildman–Crippen LogP) is 1.13. The monoisotopic (exact) mass is 244 g/mol. The van der Waals surface area contributed by atoms with E-state index < -0.39 is 0 Å². The van der Waals surface area contributed by atoms with Gasteiger partial charge in [-0.1, -0.05) is 0 Å². The zero-order chi connectivity index (χ0) is 12.5.